The van der Waals surface area contributed by atoms with Gasteiger partial charge in [-0.05, 0) is 45.5 Å². The largest absolute Gasteiger partial charge is 0.238 e. The average molecular weight is 388 g/mol. The number of hydrogen-bond acceptors (Lipinski definition) is 0. The predicted octanol–water partition coefficient (Wildman–Crippen LogP) is 6.03. The fraction of sp³-hybridized carbons (Fsp3) is 0.360. The van der Waals surface area contributed by atoms with Crippen molar-refractivity contribution >= 4 is 29.7 Å². The van der Waals surface area contributed by atoms with Gasteiger partial charge in [0.2, 0.25) is 5.69 Å². The normalized spacial score (nSPS) is 12.2. The van der Waals surface area contributed by atoms with E-state index in [2.05, 4.69) is 100 Å². The van der Waals surface area contributed by atoms with Crippen LogP contribution >= 0.6 is 0 Å². The quantitative estimate of drug-likeness (QED) is 0.288. The number of pyridine rings is 1. The molecule has 2 nitrogen and oxygen atoms in total. The summed E-state index contributed by atoms with van der Waals surface area (Å²) in [6.07, 6.45) is 2.20. The Kier molecular flexibility index (Phi) is 4.98. The van der Waals surface area contributed by atoms with Gasteiger partial charge in [0, 0.05) is 12.1 Å². The van der Waals surface area contributed by atoms with Gasteiger partial charge >= 0.3 is 0 Å². The minimum absolute atomic E-state index is 0.0393. The van der Waals surface area contributed by atoms with E-state index in [1.165, 1.54) is 38.3 Å². The minimum atomic E-state index is -1.42. The van der Waals surface area contributed by atoms with Gasteiger partial charge in [-0.1, -0.05) is 58.6 Å². The number of aromatic nitrogens is 1. The van der Waals surface area contributed by atoms with Crippen molar-refractivity contribution in [2.45, 2.75) is 52.8 Å². The van der Waals surface area contributed by atoms with Crippen molar-refractivity contribution in [2.24, 2.45) is 7.05 Å². The fourth-order valence-electron chi connectivity index (χ4n) is 3.99. The molecule has 0 bridgehead atoms. The van der Waals surface area contributed by atoms with Crippen LogP contribution in [0.1, 0.15) is 31.9 Å². The number of benzene rings is 2. The van der Waals surface area contributed by atoms with Gasteiger partial charge in [-0.2, -0.15) is 0 Å². The van der Waals surface area contributed by atoms with E-state index >= 15 is 0 Å². The Morgan fingerprint density at radius 1 is 1.00 bits per heavy atom. The molecule has 0 saturated heterocycles. The summed E-state index contributed by atoms with van der Waals surface area (Å²) in [5.74, 6) is 0. The van der Waals surface area contributed by atoms with Gasteiger partial charge in [0.05, 0.1) is 20.2 Å². The Morgan fingerprint density at radius 2 is 1.68 bits per heavy atom. The van der Waals surface area contributed by atoms with Gasteiger partial charge in [-0.15, -0.1) is 0 Å². The lowest BCUT2D eigenvalue weighted by Gasteiger charge is -2.26. The summed E-state index contributed by atoms with van der Waals surface area (Å²) in [4.78, 5) is 3.68. The Bertz CT molecular complexity index is 1110. The molecule has 0 unspecified atom stereocenters. The van der Waals surface area contributed by atoms with Crippen LogP contribution in [0.3, 0.4) is 0 Å². The number of rotatable bonds is 2. The van der Waals surface area contributed by atoms with Crippen LogP contribution in [0.15, 0.2) is 42.6 Å². The molecule has 0 N–H and O–H groups in total. The molecule has 3 heteroatoms. The van der Waals surface area contributed by atoms with Gasteiger partial charge in [0.15, 0.2) is 11.9 Å². The van der Waals surface area contributed by atoms with Crippen LogP contribution < -0.4 is 9.75 Å². The lowest BCUT2D eigenvalue weighted by Crippen LogP contribution is -2.42. The smallest absolute Gasteiger partial charge is 0.212 e. The van der Waals surface area contributed by atoms with E-state index in [-0.39, 0.29) is 5.41 Å². The maximum Gasteiger partial charge on any atom is 0.212 e. The molecule has 2 aromatic carbocycles. The Balaban J connectivity index is 2.48. The van der Waals surface area contributed by atoms with Crippen LogP contribution in [-0.2, 0) is 12.5 Å². The summed E-state index contributed by atoms with van der Waals surface area (Å²) < 4.78 is 2.24. The summed E-state index contributed by atoms with van der Waals surface area (Å²) in [7, 11) is 0.711. The predicted molar refractivity (Wildman–Crippen MR) is 123 cm³/mol. The summed E-state index contributed by atoms with van der Waals surface area (Å²) >= 11 is 0. The first-order valence-electron chi connectivity index (χ1n) is 9.89. The number of hydrogen-bond donors (Lipinski definition) is 0. The second-order valence-electron chi connectivity index (χ2n) is 9.87. The lowest BCUT2D eigenvalue weighted by atomic mass is 9.78. The monoisotopic (exact) mass is 387 g/mol. The average Bonchev–Trinajstić information content (AvgIpc) is 2.59. The zero-order chi connectivity index (χ0) is 20.9. The Hall–Kier alpha value is -2.44. The SMILES string of the molecule is [C-]#[N+]c1ccc2cc(C)c(-c3cc([Si](C)(C)C)cc[n+]3C)c(C(C)(C)C)c2c1. The third-order valence-electron chi connectivity index (χ3n) is 5.47. The molecule has 0 spiro atoms. The molecule has 3 rings (SSSR count). The van der Waals surface area contributed by atoms with E-state index in [4.69, 9.17) is 6.57 Å². The molecule has 0 atom stereocenters. The van der Waals surface area contributed by atoms with Crippen molar-refractivity contribution in [2.75, 3.05) is 0 Å². The second-order valence-corrected chi connectivity index (χ2v) is 14.9. The number of aryl methyl sites for hydroxylation is 2. The number of nitrogens with zero attached hydrogens (tertiary/aromatic N) is 2. The molecule has 0 aliphatic carbocycles. The van der Waals surface area contributed by atoms with E-state index in [1.807, 2.05) is 6.07 Å². The van der Waals surface area contributed by atoms with Crippen molar-refractivity contribution in [3.63, 3.8) is 0 Å². The third-order valence-corrected chi connectivity index (χ3v) is 7.52. The van der Waals surface area contributed by atoms with Gasteiger partial charge in [-0.3, -0.25) is 0 Å². The molecular formula is C25H31N2Si+. The summed E-state index contributed by atoms with van der Waals surface area (Å²) in [5, 5.41) is 3.87. The second kappa shape index (κ2) is 6.86. The zero-order valence-corrected chi connectivity index (χ0v) is 19.4. The maximum atomic E-state index is 7.46. The molecule has 0 fully saturated rings. The van der Waals surface area contributed by atoms with Crippen molar-refractivity contribution in [3.05, 3.63) is 65.1 Å². The molecule has 1 aromatic heterocycles. The van der Waals surface area contributed by atoms with Crippen LogP contribution in [-0.4, -0.2) is 8.07 Å². The van der Waals surface area contributed by atoms with E-state index in [0.29, 0.717) is 5.69 Å². The van der Waals surface area contributed by atoms with Gasteiger partial charge < -0.3 is 0 Å². The van der Waals surface area contributed by atoms with Crippen LogP contribution in [0.2, 0.25) is 19.6 Å². The van der Waals surface area contributed by atoms with Crippen LogP contribution in [0.4, 0.5) is 5.69 Å². The maximum absolute atomic E-state index is 7.46. The molecule has 0 saturated carbocycles. The summed E-state index contributed by atoms with van der Waals surface area (Å²) in [5.41, 5.74) is 5.85. The third kappa shape index (κ3) is 3.62. The standard InChI is InChI=1S/C25H31N2Si/c1-17-14-18-10-11-19(26-5)15-21(18)24(25(2,3)4)23(17)22-16-20(28(7,8)9)12-13-27(22)6/h10-16H,1-4,6-9H3/q+1. The Labute approximate surface area is 170 Å². The van der Waals surface area contributed by atoms with Crippen molar-refractivity contribution in [3.8, 4) is 11.3 Å². The van der Waals surface area contributed by atoms with E-state index in [0.717, 1.165) is 0 Å². The molecule has 144 valence electrons. The molecule has 1 heterocycles. The van der Waals surface area contributed by atoms with Crippen molar-refractivity contribution in [1.29, 1.82) is 0 Å². The molecule has 0 aliphatic rings. The first-order chi connectivity index (χ1) is 12.9. The molecule has 0 radical (unpaired) electrons. The molecule has 28 heavy (non-hydrogen) atoms. The van der Waals surface area contributed by atoms with E-state index in [9.17, 15) is 0 Å². The van der Waals surface area contributed by atoms with Crippen LogP contribution in [0, 0.1) is 13.5 Å². The van der Waals surface area contributed by atoms with E-state index < -0.39 is 8.07 Å². The van der Waals surface area contributed by atoms with Gasteiger partial charge in [0.25, 0.3) is 0 Å². The van der Waals surface area contributed by atoms with Gasteiger partial charge in [-0.25, -0.2) is 9.41 Å². The lowest BCUT2D eigenvalue weighted by molar-refractivity contribution is -0.660. The molecule has 0 aliphatic heterocycles. The van der Waals surface area contributed by atoms with Gasteiger partial charge in [0.1, 0.15) is 7.05 Å². The molecule has 3 aromatic rings. The summed E-state index contributed by atoms with van der Waals surface area (Å²) in [6, 6.07) is 13.0. The first kappa shape index (κ1) is 20.3. The Morgan fingerprint density at radius 3 is 2.25 bits per heavy atom. The first-order valence-corrected chi connectivity index (χ1v) is 13.4. The van der Waals surface area contributed by atoms with Crippen LogP contribution in [0.5, 0.6) is 0 Å². The summed E-state index contributed by atoms with van der Waals surface area (Å²) in [6.45, 7) is 23.7. The topological polar surface area (TPSA) is 8.24 Å². The van der Waals surface area contributed by atoms with Crippen molar-refractivity contribution < 1.29 is 4.57 Å². The fourth-order valence-corrected chi connectivity index (χ4v) is 5.13. The highest BCUT2D eigenvalue weighted by Gasteiger charge is 2.29. The minimum Gasteiger partial charge on any atom is -0.238 e. The number of fused-ring (bicyclic) bond motifs is 1. The highest BCUT2D eigenvalue weighted by Crippen LogP contribution is 2.40. The zero-order valence-electron chi connectivity index (χ0n) is 18.4. The molecule has 0 amide bonds. The highest BCUT2D eigenvalue weighted by atomic mass is 28.3. The highest BCUT2D eigenvalue weighted by molar-refractivity contribution is 6.88. The van der Waals surface area contributed by atoms with Crippen molar-refractivity contribution in [1.82, 2.24) is 0 Å². The van der Waals surface area contributed by atoms with E-state index in [1.54, 1.807) is 0 Å². The van der Waals surface area contributed by atoms with Crippen LogP contribution in [0.25, 0.3) is 26.9 Å². The molecular weight excluding hydrogens is 356 g/mol.